The van der Waals surface area contributed by atoms with Gasteiger partial charge in [0.05, 0.1) is 7.11 Å². The zero-order valence-electron chi connectivity index (χ0n) is 9.45. The molecule has 0 aliphatic rings. The van der Waals surface area contributed by atoms with Crippen molar-refractivity contribution in [2.24, 2.45) is 12.8 Å². The third kappa shape index (κ3) is 2.63. The molecule has 0 bridgehead atoms. The quantitative estimate of drug-likeness (QED) is 0.599. The molecule has 7 nitrogen and oxygen atoms in total. The van der Waals surface area contributed by atoms with Gasteiger partial charge in [-0.1, -0.05) is 0 Å². The SMILES string of the molecule is COC(=O)c1cc(C(O)C(N)C(=O)O)cn1C. The highest BCUT2D eigenvalue weighted by atomic mass is 16.5. The predicted octanol–water partition coefficient (Wildman–Crippen LogP) is -0.743. The van der Waals surface area contributed by atoms with Crippen molar-refractivity contribution in [3.05, 3.63) is 23.5 Å². The number of carbonyl (C=O) groups excluding carboxylic acids is 1. The topological polar surface area (TPSA) is 115 Å². The largest absolute Gasteiger partial charge is 0.480 e. The van der Waals surface area contributed by atoms with Crippen molar-refractivity contribution in [3.8, 4) is 0 Å². The number of methoxy groups -OCH3 is 1. The Kier molecular flexibility index (Phi) is 3.87. The van der Waals surface area contributed by atoms with Gasteiger partial charge in [0.1, 0.15) is 17.8 Å². The molecule has 0 saturated heterocycles. The third-order valence-electron chi connectivity index (χ3n) is 2.39. The lowest BCUT2D eigenvalue weighted by molar-refractivity contribution is -0.141. The molecule has 0 aliphatic carbocycles. The van der Waals surface area contributed by atoms with E-state index in [2.05, 4.69) is 4.74 Å². The number of hydrogen-bond donors (Lipinski definition) is 3. The fourth-order valence-corrected chi connectivity index (χ4v) is 1.40. The van der Waals surface area contributed by atoms with Gasteiger partial charge >= 0.3 is 11.9 Å². The molecule has 94 valence electrons. The molecule has 17 heavy (non-hydrogen) atoms. The van der Waals surface area contributed by atoms with Crippen LogP contribution in [0.15, 0.2) is 12.3 Å². The lowest BCUT2D eigenvalue weighted by Gasteiger charge is -2.12. The number of carboxylic acid groups (broad SMARTS) is 1. The van der Waals surface area contributed by atoms with Gasteiger partial charge in [0, 0.05) is 18.8 Å². The number of aliphatic carboxylic acids is 1. The second-order valence-electron chi connectivity index (χ2n) is 3.57. The lowest BCUT2D eigenvalue weighted by atomic mass is 10.1. The highest BCUT2D eigenvalue weighted by Crippen LogP contribution is 2.19. The summed E-state index contributed by atoms with van der Waals surface area (Å²) in [5, 5.41) is 18.3. The molecular formula is C10H14N2O5. The first-order chi connectivity index (χ1) is 7.88. The predicted molar refractivity (Wildman–Crippen MR) is 57.3 cm³/mol. The first kappa shape index (κ1) is 13.2. The Morgan fingerprint density at radius 3 is 2.59 bits per heavy atom. The van der Waals surface area contributed by atoms with Crippen LogP contribution in [0.2, 0.25) is 0 Å². The van der Waals surface area contributed by atoms with E-state index in [1.165, 1.54) is 23.9 Å². The van der Waals surface area contributed by atoms with E-state index in [0.717, 1.165) is 0 Å². The van der Waals surface area contributed by atoms with Gasteiger partial charge in [0.2, 0.25) is 0 Å². The first-order valence-electron chi connectivity index (χ1n) is 4.79. The van der Waals surface area contributed by atoms with Crippen molar-refractivity contribution in [1.82, 2.24) is 4.57 Å². The lowest BCUT2D eigenvalue weighted by Crippen LogP contribution is -2.36. The summed E-state index contributed by atoms with van der Waals surface area (Å²) in [5.41, 5.74) is 5.75. The molecule has 0 spiro atoms. The van der Waals surface area contributed by atoms with E-state index in [0.29, 0.717) is 0 Å². The molecule has 0 amide bonds. The van der Waals surface area contributed by atoms with E-state index in [1.807, 2.05) is 0 Å². The number of carboxylic acids is 1. The molecule has 2 atom stereocenters. The van der Waals surface area contributed by atoms with Gasteiger partial charge in [-0.3, -0.25) is 4.79 Å². The van der Waals surface area contributed by atoms with E-state index in [-0.39, 0.29) is 11.3 Å². The number of aliphatic hydroxyl groups excluding tert-OH is 1. The number of carbonyl (C=O) groups is 2. The Balaban J connectivity index is 3.01. The van der Waals surface area contributed by atoms with Crippen molar-refractivity contribution >= 4 is 11.9 Å². The van der Waals surface area contributed by atoms with Crippen LogP contribution in [0, 0.1) is 0 Å². The number of nitrogens with zero attached hydrogens (tertiary/aromatic N) is 1. The minimum absolute atomic E-state index is 0.208. The third-order valence-corrected chi connectivity index (χ3v) is 2.39. The van der Waals surface area contributed by atoms with Crippen LogP contribution in [0.25, 0.3) is 0 Å². The molecule has 1 aromatic heterocycles. The normalized spacial score (nSPS) is 14.1. The minimum Gasteiger partial charge on any atom is -0.480 e. The zero-order chi connectivity index (χ0) is 13.2. The molecule has 7 heteroatoms. The fourth-order valence-electron chi connectivity index (χ4n) is 1.40. The maximum atomic E-state index is 11.3. The number of esters is 1. The second kappa shape index (κ2) is 4.98. The van der Waals surface area contributed by atoms with Crippen molar-refractivity contribution in [2.45, 2.75) is 12.1 Å². The van der Waals surface area contributed by atoms with Gasteiger partial charge in [-0.05, 0) is 6.07 Å². The van der Waals surface area contributed by atoms with E-state index < -0.39 is 24.1 Å². The minimum atomic E-state index is -1.44. The molecule has 0 saturated carbocycles. The van der Waals surface area contributed by atoms with Crippen LogP contribution in [-0.2, 0) is 16.6 Å². The standard InChI is InChI=1S/C10H14N2O5/c1-12-4-5(3-6(12)10(16)17-2)8(13)7(11)9(14)15/h3-4,7-8,13H,11H2,1-2H3,(H,14,15). The monoisotopic (exact) mass is 242 g/mol. The number of rotatable bonds is 4. The van der Waals surface area contributed by atoms with Crippen LogP contribution in [0.1, 0.15) is 22.2 Å². The molecule has 0 aromatic carbocycles. The number of aromatic nitrogens is 1. The van der Waals surface area contributed by atoms with Crippen LogP contribution < -0.4 is 5.73 Å². The van der Waals surface area contributed by atoms with Crippen LogP contribution in [0.5, 0.6) is 0 Å². The second-order valence-corrected chi connectivity index (χ2v) is 3.57. The number of ether oxygens (including phenoxy) is 1. The van der Waals surface area contributed by atoms with Gasteiger partial charge in [-0.25, -0.2) is 4.79 Å². The summed E-state index contributed by atoms with van der Waals surface area (Å²) >= 11 is 0. The Labute approximate surface area is 97.4 Å². The smallest absolute Gasteiger partial charge is 0.354 e. The van der Waals surface area contributed by atoms with E-state index in [9.17, 15) is 14.7 Å². The molecule has 0 aliphatic heterocycles. The first-order valence-corrected chi connectivity index (χ1v) is 4.79. The molecule has 1 rings (SSSR count). The average molecular weight is 242 g/mol. The van der Waals surface area contributed by atoms with Crippen LogP contribution in [0.4, 0.5) is 0 Å². The number of nitrogens with two attached hydrogens (primary N) is 1. The Morgan fingerprint density at radius 2 is 2.12 bits per heavy atom. The number of aryl methyl sites for hydroxylation is 1. The van der Waals surface area contributed by atoms with Gasteiger partial charge in [-0.15, -0.1) is 0 Å². The van der Waals surface area contributed by atoms with Gasteiger partial charge in [-0.2, -0.15) is 0 Å². The highest BCUT2D eigenvalue weighted by molar-refractivity contribution is 5.88. The summed E-state index contributed by atoms with van der Waals surface area (Å²) in [4.78, 5) is 21.9. The van der Waals surface area contributed by atoms with Crippen LogP contribution >= 0.6 is 0 Å². The summed E-state index contributed by atoms with van der Waals surface area (Å²) in [6.07, 6.45) is 0.0526. The average Bonchev–Trinajstić information content (AvgIpc) is 2.68. The van der Waals surface area contributed by atoms with Crippen molar-refractivity contribution in [3.63, 3.8) is 0 Å². The van der Waals surface area contributed by atoms with Gasteiger partial charge in [0.15, 0.2) is 0 Å². The summed E-state index contributed by atoms with van der Waals surface area (Å²) in [7, 11) is 2.81. The van der Waals surface area contributed by atoms with Crippen molar-refractivity contribution in [1.29, 1.82) is 0 Å². The Bertz CT molecular complexity index is 440. The molecule has 2 unspecified atom stereocenters. The van der Waals surface area contributed by atoms with Gasteiger partial charge in [0.25, 0.3) is 0 Å². The Morgan fingerprint density at radius 1 is 1.53 bits per heavy atom. The molecule has 0 fully saturated rings. The van der Waals surface area contributed by atoms with Gasteiger partial charge < -0.3 is 25.3 Å². The van der Waals surface area contributed by atoms with Crippen molar-refractivity contribution < 1.29 is 24.5 Å². The maximum Gasteiger partial charge on any atom is 0.354 e. The van der Waals surface area contributed by atoms with E-state index >= 15 is 0 Å². The van der Waals surface area contributed by atoms with Crippen LogP contribution in [0.3, 0.4) is 0 Å². The highest BCUT2D eigenvalue weighted by Gasteiger charge is 2.26. The molecule has 0 radical (unpaired) electrons. The Hall–Kier alpha value is -1.86. The summed E-state index contributed by atoms with van der Waals surface area (Å²) in [6, 6.07) is -0.0952. The summed E-state index contributed by atoms with van der Waals surface area (Å²) in [5.74, 6) is -1.89. The number of hydrogen-bond acceptors (Lipinski definition) is 5. The molecule has 1 heterocycles. The number of aliphatic hydroxyl groups is 1. The molecule has 1 aromatic rings. The summed E-state index contributed by atoms with van der Waals surface area (Å²) in [6.45, 7) is 0. The maximum absolute atomic E-state index is 11.3. The molecule has 4 N–H and O–H groups in total. The van der Waals surface area contributed by atoms with Crippen molar-refractivity contribution in [2.75, 3.05) is 7.11 Å². The van der Waals surface area contributed by atoms with Crippen LogP contribution in [-0.4, -0.2) is 39.9 Å². The summed E-state index contributed by atoms with van der Waals surface area (Å²) < 4.78 is 5.96. The fraction of sp³-hybridized carbons (Fsp3) is 0.400. The van der Waals surface area contributed by atoms with E-state index in [1.54, 1.807) is 7.05 Å². The van der Waals surface area contributed by atoms with E-state index in [4.69, 9.17) is 10.8 Å². The molecular weight excluding hydrogens is 228 g/mol. The zero-order valence-corrected chi connectivity index (χ0v) is 9.45.